The minimum absolute atomic E-state index is 0.121. The summed E-state index contributed by atoms with van der Waals surface area (Å²) in [5, 5.41) is 18.4. The molecule has 1 saturated heterocycles. The zero-order chi connectivity index (χ0) is 19.6. The van der Waals surface area contributed by atoms with Crippen molar-refractivity contribution in [1.29, 1.82) is 0 Å². The van der Waals surface area contributed by atoms with Crippen LogP contribution >= 0.6 is 11.3 Å². The van der Waals surface area contributed by atoms with Crippen LogP contribution in [0.4, 0.5) is 5.82 Å². The molecule has 1 amide bonds. The summed E-state index contributed by atoms with van der Waals surface area (Å²) in [5.74, 6) is 1.86. The second-order valence-electron chi connectivity index (χ2n) is 6.42. The van der Waals surface area contributed by atoms with E-state index in [9.17, 15) is 4.79 Å². The van der Waals surface area contributed by atoms with E-state index in [0.717, 1.165) is 10.7 Å². The highest BCUT2D eigenvalue weighted by molar-refractivity contribution is 7.13. The first-order chi connectivity index (χ1) is 14.3. The molecule has 0 atom stereocenters. The Kier molecular flexibility index (Phi) is 4.48. The molecule has 0 N–H and O–H groups in total. The minimum Gasteiger partial charge on any atom is -0.355 e. The van der Waals surface area contributed by atoms with Gasteiger partial charge >= 0.3 is 0 Å². The van der Waals surface area contributed by atoms with Crippen molar-refractivity contribution in [2.45, 2.75) is 0 Å². The molecule has 0 unspecified atom stereocenters. The number of anilines is 1. The standard InChI is InChI=1S/C18H16N8O2S/c27-18(13-10-14(28-23-13)15-2-1-9-29-15)25-7-5-24(6-8-25)16-3-4-17(22-21-16)26-12-19-11-20-26/h1-4,9-12H,5-8H2. The van der Waals surface area contributed by atoms with Crippen LogP contribution in [-0.4, -0.2) is 67.1 Å². The third-order valence-corrected chi connectivity index (χ3v) is 5.56. The third kappa shape index (κ3) is 3.47. The average Bonchev–Trinajstić information content (AvgIpc) is 3.55. The van der Waals surface area contributed by atoms with Gasteiger partial charge in [-0.3, -0.25) is 4.79 Å². The van der Waals surface area contributed by atoms with Crippen molar-refractivity contribution in [3.8, 4) is 16.5 Å². The molecule has 5 heterocycles. The van der Waals surface area contributed by atoms with Gasteiger partial charge in [0, 0.05) is 32.2 Å². The Hall–Kier alpha value is -3.60. The summed E-state index contributed by atoms with van der Waals surface area (Å²) in [4.78, 5) is 21.5. The summed E-state index contributed by atoms with van der Waals surface area (Å²) in [7, 11) is 0. The zero-order valence-electron chi connectivity index (χ0n) is 15.2. The van der Waals surface area contributed by atoms with E-state index in [1.807, 2.05) is 29.6 Å². The van der Waals surface area contributed by atoms with Crippen LogP contribution in [0.5, 0.6) is 0 Å². The summed E-state index contributed by atoms with van der Waals surface area (Å²) in [6, 6.07) is 9.31. The molecule has 0 spiro atoms. The van der Waals surface area contributed by atoms with Crippen LogP contribution in [-0.2, 0) is 0 Å². The molecule has 0 radical (unpaired) electrons. The molecule has 5 rings (SSSR count). The lowest BCUT2D eigenvalue weighted by Crippen LogP contribution is -2.49. The number of amides is 1. The maximum Gasteiger partial charge on any atom is 0.276 e. The molecule has 4 aromatic heterocycles. The van der Waals surface area contributed by atoms with E-state index in [4.69, 9.17) is 4.52 Å². The van der Waals surface area contributed by atoms with Gasteiger partial charge in [0.05, 0.1) is 4.88 Å². The van der Waals surface area contributed by atoms with Gasteiger partial charge in [0.15, 0.2) is 23.1 Å². The summed E-state index contributed by atoms with van der Waals surface area (Å²) in [5.41, 5.74) is 0.332. The van der Waals surface area contributed by atoms with Crippen molar-refractivity contribution in [3.63, 3.8) is 0 Å². The van der Waals surface area contributed by atoms with E-state index < -0.39 is 0 Å². The van der Waals surface area contributed by atoms with Gasteiger partial charge in [0.1, 0.15) is 12.7 Å². The van der Waals surface area contributed by atoms with Crippen molar-refractivity contribution in [2.75, 3.05) is 31.1 Å². The molecular formula is C18H16N8O2S. The molecule has 4 aromatic rings. The molecule has 146 valence electrons. The van der Waals surface area contributed by atoms with Crippen molar-refractivity contribution in [2.24, 2.45) is 0 Å². The van der Waals surface area contributed by atoms with E-state index in [2.05, 4.69) is 30.3 Å². The molecule has 0 aromatic carbocycles. The van der Waals surface area contributed by atoms with Crippen molar-refractivity contribution in [1.82, 2.24) is 35.0 Å². The Morgan fingerprint density at radius 2 is 1.90 bits per heavy atom. The first-order valence-electron chi connectivity index (χ1n) is 9.01. The van der Waals surface area contributed by atoms with Crippen molar-refractivity contribution >= 4 is 23.1 Å². The van der Waals surface area contributed by atoms with Crippen LogP contribution in [0.1, 0.15) is 10.5 Å². The summed E-state index contributed by atoms with van der Waals surface area (Å²) >= 11 is 1.55. The molecular weight excluding hydrogens is 392 g/mol. The number of hydrogen-bond acceptors (Lipinski definition) is 9. The molecule has 1 aliphatic rings. The molecule has 10 nitrogen and oxygen atoms in total. The molecule has 0 saturated carbocycles. The van der Waals surface area contributed by atoms with Gasteiger partial charge in [0.2, 0.25) is 0 Å². The van der Waals surface area contributed by atoms with E-state index >= 15 is 0 Å². The summed E-state index contributed by atoms with van der Waals surface area (Å²) in [6.45, 7) is 2.48. The van der Waals surface area contributed by atoms with E-state index in [0.29, 0.717) is 43.5 Å². The SMILES string of the molecule is O=C(c1cc(-c2cccs2)on1)N1CCN(c2ccc(-n3cncn3)nn2)CC1. The van der Waals surface area contributed by atoms with E-state index in [-0.39, 0.29) is 5.91 Å². The monoisotopic (exact) mass is 408 g/mol. The molecule has 29 heavy (non-hydrogen) atoms. The van der Waals surface area contributed by atoms with Crippen molar-refractivity contribution in [3.05, 3.63) is 54.1 Å². The number of carbonyl (C=O) groups is 1. The number of nitrogens with zero attached hydrogens (tertiary/aromatic N) is 8. The smallest absolute Gasteiger partial charge is 0.276 e. The van der Waals surface area contributed by atoms with Crippen molar-refractivity contribution < 1.29 is 9.32 Å². The predicted molar refractivity (Wildman–Crippen MR) is 105 cm³/mol. The Morgan fingerprint density at radius 3 is 2.59 bits per heavy atom. The van der Waals surface area contributed by atoms with Crippen LogP contribution in [0.25, 0.3) is 16.5 Å². The number of hydrogen-bond donors (Lipinski definition) is 0. The fourth-order valence-electron chi connectivity index (χ4n) is 3.15. The lowest BCUT2D eigenvalue weighted by atomic mass is 10.2. The number of aromatic nitrogens is 6. The van der Waals surface area contributed by atoms with Crippen LogP contribution in [0, 0.1) is 0 Å². The molecule has 0 aliphatic carbocycles. The summed E-state index contributed by atoms with van der Waals surface area (Å²) in [6.07, 6.45) is 3.02. The molecule has 11 heteroatoms. The zero-order valence-corrected chi connectivity index (χ0v) is 16.1. The average molecular weight is 408 g/mol. The predicted octanol–water partition coefficient (Wildman–Crippen LogP) is 1.74. The fourth-order valence-corrected chi connectivity index (χ4v) is 3.82. The number of carbonyl (C=O) groups excluding carboxylic acids is 1. The second kappa shape index (κ2) is 7.43. The Morgan fingerprint density at radius 1 is 1.07 bits per heavy atom. The van der Waals surface area contributed by atoms with Gasteiger partial charge in [-0.05, 0) is 23.6 Å². The largest absolute Gasteiger partial charge is 0.355 e. The Balaban J connectivity index is 1.22. The first kappa shape index (κ1) is 17.5. The fraction of sp³-hybridized carbons (Fsp3) is 0.222. The van der Waals surface area contributed by atoms with E-state index in [1.165, 1.54) is 6.33 Å². The number of thiophene rings is 1. The maximum atomic E-state index is 12.7. The lowest BCUT2D eigenvalue weighted by molar-refractivity contribution is 0.0736. The second-order valence-corrected chi connectivity index (χ2v) is 7.37. The van der Waals surface area contributed by atoms with Gasteiger partial charge in [-0.1, -0.05) is 11.2 Å². The third-order valence-electron chi connectivity index (χ3n) is 4.67. The normalized spacial score (nSPS) is 14.3. The highest BCUT2D eigenvalue weighted by Crippen LogP contribution is 2.25. The van der Waals surface area contributed by atoms with Gasteiger partial charge in [-0.25, -0.2) is 9.67 Å². The van der Waals surface area contributed by atoms with Crippen LogP contribution < -0.4 is 4.90 Å². The first-order valence-corrected chi connectivity index (χ1v) is 9.89. The maximum absolute atomic E-state index is 12.7. The lowest BCUT2D eigenvalue weighted by Gasteiger charge is -2.34. The molecule has 0 bridgehead atoms. The summed E-state index contributed by atoms with van der Waals surface area (Å²) < 4.78 is 6.88. The van der Waals surface area contributed by atoms with Gasteiger partial charge in [-0.2, -0.15) is 5.10 Å². The van der Waals surface area contributed by atoms with Crippen LogP contribution in [0.15, 0.2) is 52.9 Å². The molecule has 1 fully saturated rings. The van der Waals surface area contributed by atoms with Crippen LogP contribution in [0.2, 0.25) is 0 Å². The minimum atomic E-state index is -0.121. The Labute approximate surface area is 169 Å². The van der Waals surface area contributed by atoms with Gasteiger partial charge in [0.25, 0.3) is 5.91 Å². The Bertz CT molecular complexity index is 1080. The van der Waals surface area contributed by atoms with Gasteiger partial charge < -0.3 is 14.3 Å². The topological polar surface area (TPSA) is 106 Å². The molecule has 1 aliphatic heterocycles. The highest BCUT2D eigenvalue weighted by atomic mass is 32.1. The van der Waals surface area contributed by atoms with Crippen LogP contribution in [0.3, 0.4) is 0 Å². The number of piperazine rings is 1. The van der Waals surface area contributed by atoms with E-state index in [1.54, 1.807) is 33.3 Å². The quantitative estimate of drug-likeness (QED) is 0.503. The highest BCUT2D eigenvalue weighted by Gasteiger charge is 2.25. The van der Waals surface area contributed by atoms with Gasteiger partial charge in [-0.15, -0.1) is 21.5 Å². The number of rotatable bonds is 4.